The van der Waals surface area contributed by atoms with Gasteiger partial charge < -0.3 is 22.1 Å². The van der Waals surface area contributed by atoms with Crippen LogP contribution in [0.5, 0.6) is 0 Å². The van der Waals surface area contributed by atoms with Crippen molar-refractivity contribution >= 4 is 52.5 Å². The molecule has 0 saturated heterocycles. The third-order valence-corrected chi connectivity index (χ3v) is 4.49. The van der Waals surface area contributed by atoms with Crippen LogP contribution in [0, 0.1) is 12.7 Å². The molecule has 1 aromatic heterocycles. The highest BCUT2D eigenvalue weighted by Gasteiger charge is 2.12. The van der Waals surface area contributed by atoms with Gasteiger partial charge >= 0.3 is 6.03 Å². The number of nitrogens with one attached hydrogen (secondary N) is 2. The van der Waals surface area contributed by atoms with Gasteiger partial charge in [0.2, 0.25) is 0 Å². The summed E-state index contributed by atoms with van der Waals surface area (Å²) in [7, 11) is 0. The molecule has 3 amide bonds. The molecule has 1 aromatic carbocycles. The Bertz CT molecular complexity index is 890. The average molecular weight is 396 g/mol. The molecule has 0 saturated carbocycles. The van der Waals surface area contributed by atoms with Crippen molar-refractivity contribution in [2.75, 3.05) is 5.32 Å². The van der Waals surface area contributed by atoms with Gasteiger partial charge in [-0.3, -0.25) is 9.79 Å². The van der Waals surface area contributed by atoms with Gasteiger partial charge in [-0.1, -0.05) is 17.7 Å². The van der Waals surface area contributed by atoms with Gasteiger partial charge in [0, 0.05) is 11.1 Å². The molecule has 0 aliphatic rings. The second kappa shape index (κ2) is 8.45. The molecule has 1 heterocycles. The van der Waals surface area contributed by atoms with Crippen LogP contribution < -0.4 is 22.1 Å². The van der Waals surface area contributed by atoms with E-state index in [-0.39, 0.29) is 16.4 Å². The molecule has 6 N–H and O–H groups in total. The van der Waals surface area contributed by atoms with Crippen LogP contribution in [0.4, 0.5) is 20.6 Å². The van der Waals surface area contributed by atoms with Crippen LogP contribution in [0.15, 0.2) is 41.2 Å². The van der Waals surface area contributed by atoms with E-state index in [1.807, 2.05) is 0 Å². The van der Waals surface area contributed by atoms with Gasteiger partial charge in [0.15, 0.2) is 0 Å². The Hall–Kier alpha value is -2.91. The largest absolute Gasteiger partial charge is 0.403 e. The number of hydrogen-bond acceptors (Lipinski definition) is 5. The van der Waals surface area contributed by atoms with E-state index < -0.39 is 17.8 Å². The Balaban J connectivity index is 2.08. The summed E-state index contributed by atoms with van der Waals surface area (Å²) in [6, 6.07) is 4.81. The number of amides is 3. The molecular weight excluding hydrogens is 381 g/mol. The highest BCUT2D eigenvalue weighted by atomic mass is 35.5. The number of nitrogens with zero attached hydrogens (tertiary/aromatic N) is 1. The maximum Gasteiger partial charge on any atom is 0.323 e. The van der Waals surface area contributed by atoms with E-state index in [9.17, 15) is 14.0 Å². The Morgan fingerprint density at radius 2 is 2.12 bits per heavy atom. The summed E-state index contributed by atoms with van der Waals surface area (Å²) < 4.78 is 13.7. The van der Waals surface area contributed by atoms with Crippen LogP contribution in [0.3, 0.4) is 0 Å². The zero-order valence-electron chi connectivity index (χ0n) is 13.5. The number of para-hydroxylation sites is 1. The van der Waals surface area contributed by atoms with Gasteiger partial charge in [0.05, 0.1) is 33.2 Å². The van der Waals surface area contributed by atoms with Crippen molar-refractivity contribution in [3.63, 3.8) is 0 Å². The SMILES string of the molecule is Cc1sc(C(N)=O)cc1N=C/C(=C\N)NC(=O)Nc1c(F)cccc1Cl. The number of carbonyl (C=O) groups excluding carboxylic acids is 2. The molecule has 136 valence electrons. The summed E-state index contributed by atoms with van der Waals surface area (Å²) in [5.74, 6) is -1.22. The van der Waals surface area contributed by atoms with E-state index in [0.29, 0.717) is 10.6 Å². The van der Waals surface area contributed by atoms with Crippen molar-refractivity contribution in [2.24, 2.45) is 16.5 Å². The summed E-state index contributed by atoms with van der Waals surface area (Å²) in [6.45, 7) is 1.77. The van der Waals surface area contributed by atoms with Gasteiger partial charge in [-0.15, -0.1) is 11.3 Å². The van der Waals surface area contributed by atoms with Crippen molar-refractivity contribution in [3.8, 4) is 0 Å². The minimum absolute atomic E-state index is 0.0555. The molecule has 0 bridgehead atoms. The molecule has 0 radical (unpaired) electrons. The fourth-order valence-corrected chi connectivity index (χ4v) is 2.90. The number of hydrogen-bond donors (Lipinski definition) is 4. The van der Waals surface area contributed by atoms with Crippen molar-refractivity contribution in [3.05, 3.63) is 56.8 Å². The Labute approximate surface area is 157 Å². The molecule has 7 nitrogen and oxygen atoms in total. The number of urea groups is 1. The quantitative estimate of drug-likeness (QED) is 0.581. The molecule has 26 heavy (non-hydrogen) atoms. The van der Waals surface area contributed by atoms with Crippen LogP contribution in [0.1, 0.15) is 14.5 Å². The van der Waals surface area contributed by atoms with Crippen LogP contribution >= 0.6 is 22.9 Å². The van der Waals surface area contributed by atoms with Gasteiger partial charge in [0.1, 0.15) is 5.82 Å². The van der Waals surface area contributed by atoms with Crippen LogP contribution in [-0.2, 0) is 0 Å². The molecule has 0 atom stereocenters. The van der Waals surface area contributed by atoms with Crippen LogP contribution in [-0.4, -0.2) is 18.2 Å². The summed E-state index contributed by atoms with van der Waals surface area (Å²) in [5, 5.41) is 4.77. The number of carbonyl (C=O) groups is 2. The number of allylic oxidation sites excluding steroid dienone is 1. The van der Waals surface area contributed by atoms with Crippen molar-refractivity contribution in [2.45, 2.75) is 6.92 Å². The van der Waals surface area contributed by atoms with Crippen molar-refractivity contribution in [1.82, 2.24) is 5.32 Å². The van der Waals surface area contributed by atoms with E-state index in [1.54, 1.807) is 6.92 Å². The summed E-state index contributed by atoms with van der Waals surface area (Å²) in [6.07, 6.45) is 2.41. The Kier molecular flexibility index (Phi) is 6.31. The zero-order chi connectivity index (χ0) is 19.3. The minimum atomic E-state index is -0.750. The van der Waals surface area contributed by atoms with Crippen LogP contribution in [0.25, 0.3) is 0 Å². The second-order valence-electron chi connectivity index (χ2n) is 4.97. The Morgan fingerprint density at radius 1 is 1.38 bits per heavy atom. The maximum absolute atomic E-state index is 13.7. The fourth-order valence-electron chi connectivity index (χ4n) is 1.87. The number of rotatable bonds is 5. The monoisotopic (exact) mass is 395 g/mol. The third kappa shape index (κ3) is 4.80. The smallest absolute Gasteiger partial charge is 0.323 e. The van der Waals surface area contributed by atoms with E-state index in [0.717, 1.165) is 17.1 Å². The predicted molar refractivity (Wildman–Crippen MR) is 102 cm³/mol. The number of benzene rings is 1. The first-order chi connectivity index (χ1) is 12.3. The van der Waals surface area contributed by atoms with Gasteiger partial charge in [-0.25, -0.2) is 9.18 Å². The minimum Gasteiger partial charge on any atom is -0.403 e. The Morgan fingerprint density at radius 3 is 2.69 bits per heavy atom. The van der Waals surface area contributed by atoms with E-state index in [1.165, 1.54) is 35.8 Å². The zero-order valence-corrected chi connectivity index (χ0v) is 15.1. The standard InChI is InChI=1S/C16H15ClFN5O2S/c1-8-12(5-13(26-8)15(20)24)21-7-9(6-19)22-16(25)23-14-10(17)3-2-4-11(14)18/h2-7H,19H2,1H3,(H2,20,24)(H2,22,23,25)/b9-6+,21-7?. The molecule has 2 aromatic rings. The number of aryl methyl sites for hydroxylation is 1. The first-order valence-corrected chi connectivity index (χ1v) is 8.39. The molecule has 0 spiro atoms. The number of aliphatic imine (C=N–C) groups is 1. The predicted octanol–water partition coefficient (Wildman–Crippen LogP) is 3.27. The highest BCUT2D eigenvalue weighted by Crippen LogP contribution is 2.28. The topological polar surface area (TPSA) is 123 Å². The molecule has 0 aliphatic carbocycles. The van der Waals surface area contributed by atoms with Gasteiger partial charge in [-0.2, -0.15) is 0 Å². The van der Waals surface area contributed by atoms with Crippen molar-refractivity contribution < 1.29 is 14.0 Å². The summed E-state index contributed by atoms with van der Waals surface area (Å²) >= 11 is 7.05. The summed E-state index contributed by atoms with van der Waals surface area (Å²) in [4.78, 5) is 28.5. The number of nitrogens with two attached hydrogens (primary N) is 2. The first-order valence-electron chi connectivity index (χ1n) is 7.20. The number of halogens is 2. The van der Waals surface area contributed by atoms with E-state index in [4.69, 9.17) is 23.1 Å². The molecular formula is C16H15ClFN5O2S. The molecule has 0 fully saturated rings. The lowest BCUT2D eigenvalue weighted by atomic mass is 10.3. The molecule has 0 aliphatic heterocycles. The third-order valence-electron chi connectivity index (χ3n) is 3.12. The lowest BCUT2D eigenvalue weighted by Gasteiger charge is -2.09. The number of anilines is 1. The lowest BCUT2D eigenvalue weighted by molar-refractivity contribution is 0.100. The fraction of sp³-hybridized carbons (Fsp3) is 0.0625. The normalized spacial score (nSPS) is 11.6. The van der Waals surface area contributed by atoms with Gasteiger partial charge in [-0.05, 0) is 25.1 Å². The average Bonchev–Trinajstić information content (AvgIpc) is 2.96. The first kappa shape index (κ1) is 19.4. The molecule has 10 heteroatoms. The molecule has 2 rings (SSSR count). The lowest BCUT2D eigenvalue weighted by Crippen LogP contribution is -2.29. The number of primary amides is 1. The van der Waals surface area contributed by atoms with Gasteiger partial charge in [0.25, 0.3) is 5.91 Å². The van der Waals surface area contributed by atoms with Crippen molar-refractivity contribution in [1.29, 1.82) is 0 Å². The van der Waals surface area contributed by atoms with Crippen LogP contribution in [0.2, 0.25) is 5.02 Å². The second-order valence-corrected chi connectivity index (χ2v) is 6.64. The summed E-state index contributed by atoms with van der Waals surface area (Å²) in [5.41, 5.74) is 11.2. The van der Waals surface area contributed by atoms with E-state index >= 15 is 0 Å². The highest BCUT2D eigenvalue weighted by molar-refractivity contribution is 7.14. The van der Waals surface area contributed by atoms with E-state index in [2.05, 4.69) is 15.6 Å². The molecule has 0 unspecified atom stereocenters. The number of thiophene rings is 1. The maximum atomic E-state index is 13.7.